The first-order valence-corrected chi connectivity index (χ1v) is 9.82. The van der Waals surface area contributed by atoms with Gasteiger partial charge in [-0.3, -0.25) is 4.79 Å². The number of carbonyl (C=O) groups excluding carboxylic acids is 1. The average molecular weight is 340 g/mol. The quantitative estimate of drug-likeness (QED) is 0.895. The van der Waals surface area contributed by atoms with Crippen molar-refractivity contribution < 1.29 is 9.53 Å². The van der Waals surface area contributed by atoms with Gasteiger partial charge in [0.15, 0.2) is 0 Å². The van der Waals surface area contributed by atoms with Crippen LogP contribution in [0.2, 0.25) is 0 Å². The van der Waals surface area contributed by atoms with Crippen LogP contribution in [0.3, 0.4) is 0 Å². The van der Waals surface area contributed by atoms with Gasteiger partial charge in [0.25, 0.3) is 0 Å². The Morgan fingerprint density at radius 1 is 1.28 bits per heavy atom. The van der Waals surface area contributed by atoms with Crippen molar-refractivity contribution in [2.45, 2.75) is 58.4 Å². The number of carbonyl (C=O) groups is 1. The summed E-state index contributed by atoms with van der Waals surface area (Å²) in [4.78, 5) is 18.6. The van der Waals surface area contributed by atoms with Crippen LogP contribution >= 0.6 is 0 Å². The molecule has 25 heavy (non-hydrogen) atoms. The summed E-state index contributed by atoms with van der Waals surface area (Å²) in [6, 6.07) is 6.24. The molecule has 0 bridgehead atoms. The minimum atomic E-state index is 0.254. The Morgan fingerprint density at radius 2 is 2.12 bits per heavy atom. The zero-order valence-corrected chi connectivity index (χ0v) is 15.1. The molecule has 1 aliphatic carbocycles. The molecule has 2 aliphatic rings. The van der Waals surface area contributed by atoms with E-state index in [-0.39, 0.29) is 5.92 Å². The lowest BCUT2D eigenvalue weighted by atomic mass is 9.87. The zero-order valence-electron chi connectivity index (χ0n) is 15.1. The lowest BCUT2D eigenvalue weighted by Gasteiger charge is -2.32. The van der Waals surface area contributed by atoms with Gasteiger partial charge in [0.2, 0.25) is 5.91 Å². The smallest absolute Gasteiger partial charge is 0.225 e. The number of hydrogen-bond donors (Lipinski definition) is 1. The average Bonchev–Trinajstić information content (AvgIpc) is 3.05. The SMILES string of the molecule is CCCOc1cccc2c3c([nH]c12)CCN(C(=O)C1CCCCC1)C3. The molecule has 0 spiro atoms. The van der Waals surface area contributed by atoms with Crippen LogP contribution in [0.5, 0.6) is 5.75 Å². The van der Waals surface area contributed by atoms with E-state index in [0.29, 0.717) is 5.91 Å². The molecule has 1 N–H and O–H groups in total. The first-order chi connectivity index (χ1) is 12.3. The van der Waals surface area contributed by atoms with Gasteiger partial charge in [0, 0.05) is 42.1 Å². The summed E-state index contributed by atoms with van der Waals surface area (Å²) in [7, 11) is 0. The van der Waals surface area contributed by atoms with E-state index in [1.54, 1.807) is 0 Å². The van der Waals surface area contributed by atoms with Crippen LogP contribution in [0.4, 0.5) is 0 Å². The van der Waals surface area contributed by atoms with E-state index in [0.717, 1.165) is 56.6 Å². The van der Waals surface area contributed by atoms with Crippen molar-refractivity contribution >= 4 is 16.8 Å². The monoisotopic (exact) mass is 340 g/mol. The summed E-state index contributed by atoms with van der Waals surface area (Å²) in [5.41, 5.74) is 3.65. The summed E-state index contributed by atoms with van der Waals surface area (Å²) in [6.45, 7) is 4.42. The minimum absolute atomic E-state index is 0.254. The molecule has 4 rings (SSSR count). The molecule has 4 nitrogen and oxygen atoms in total. The third-order valence-corrected chi connectivity index (χ3v) is 5.70. The Morgan fingerprint density at radius 3 is 2.92 bits per heavy atom. The Bertz CT molecular complexity index is 759. The highest BCUT2D eigenvalue weighted by atomic mass is 16.5. The molecule has 1 aromatic heterocycles. The van der Waals surface area contributed by atoms with Gasteiger partial charge in [0.05, 0.1) is 12.1 Å². The molecular weight excluding hydrogens is 312 g/mol. The van der Waals surface area contributed by atoms with Gasteiger partial charge in [-0.1, -0.05) is 38.3 Å². The van der Waals surface area contributed by atoms with Crippen molar-refractivity contribution in [3.8, 4) is 5.75 Å². The molecule has 1 amide bonds. The molecule has 1 aliphatic heterocycles. The number of para-hydroxylation sites is 1. The Labute approximate surface area is 149 Å². The highest BCUT2D eigenvalue weighted by Gasteiger charge is 2.30. The zero-order chi connectivity index (χ0) is 17.2. The number of hydrogen-bond acceptors (Lipinski definition) is 2. The second-order valence-corrected chi connectivity index (χ2v) is 7.45. The van der Waals surface area contributed by atoms with Gasteiger partial charge in [0.1, 0.15) is 5.75 Å². The van der Waals surface area contributed by atoms with Crippen molar-refractivity contribution in [2.24, 2.45) is 5.92 Å². The molecule has 1 fully saturated rings. The number of amides is 1. The van der Waals surface area contributed by atoms with Crippen LogP contribution in [0.15, 0.2) is 18.2 Å². The summed E-state index contributed by atoms with van der Waals surface area (Å²) in [5, 5.41) is 1.21. The van der Waals surface area contributed by atoms with E-state index in [2.05, 4.69) is 28.9 Å². The minimum Gasteiger partial charge on any atom is -0.491 e. The molecule has 1 aromatic carbocycles. The maximum Gasteiger partial charge on any atom is 0.225 e. The second kappa shape index (κ2) is 7.11. The molecule has 134 valence electrons. The molecule has 0 atom stereocenters. The number of rotatable bonds is 4. The summed E-state index contributed by atoms with van der Waals surface area (Å²) < 4.78 is 5.90. The largest absolute Gasteiger partial charge is 0.491 e. The van der Waals surface area contributed by atoms with Crippen LogP contribution in [0.25, 0.3) is 10.9 Å². The molecule has 0 saturated heterocycles. The number of benzene rings is 1. The van der Waals surface area contributed by atoms with Gasteiger partial charge < -0.3 is 14.6 Å². The van der Waals surface area contributed by atoms with Gasteiger partial charge in [-0.05, 0) is 25.3 Å². The molecule has 0 radical (unpaired) electrons. The fraction of sp³-hybridized carbons (Fsp3) is 0.571. The number of fused-ring (bicyclic) bond motifs is 3. The lowest BCUT2D eigenvalue weighted by molar-refractivity contribution is -0.137. The van der Waals surface area contributed by atoms with Crippen molar-refractivity contribution in [3.05, 3.63) is 29.5 Å². The fourth-order valence-corrected chi connectivity index (χ4v) is 4.34. The van der Waals surface area contributed by atoms with E-state index < -0.39 is 0 Å². The molecule has 2 aromatic rings. The maximum atomic E-state index is 12.9. The normalized spacial score (nSPS) is 18.4. The molecule has 2 heterocycles. The van der Waals surface area contributed by atoms with Gasteiger partial charge in [-0.15, -0.1) is 0 Å². The first kappa shape index (κ1) is 16.5. The van der Waals surface area contributed by atoms with Crippen LogP contribution in [0, 0.1) is 5.92 Å². The Balaban J connectivity index is 1.59. The van der Waals surface area contributed by atoms with Crippen molar-refractivity contribution in [1.82, 2.24) is 9.88 Å². The molecular formula is C21H28N2O2. The fourth-order valence-electron chi connectivity index (χ4n) is 4.34. The standard InChI is InChI=1S/C21H28N2O2/c1-2-13-25-19-10-6-9-16-17-14-23(12-11-18(17)22-20(16)19)21(24)15-7-4-3-5-8-15/h6,9-10,15,22H,2-5,7-8,11-14H2,1H3. The predicted octanol–water partition coefficient (Wildman–Crippen LogP) is 4.42. The number of nitrogens with one attached hydrogen (secondary N) is 1. The highest BCUT2D eigenvalue weighted by molar-refractivity contribution is 5.90. The summed E-state index contributed by atoms with van der Waals surface area (Å²) in [6.07, 6.45) is 7.77. The van der Waals surface area contributed by atoms with E-state index >= 15 is 0 Å². The number of H-pyrrole nitrogens is 1. The third kappa shape index (κ3) is 3.14. The van der Waals surface area contributed by atoms with Crippen molar-refractivity contribution in [3.63, 3.8) is 0 Å². The summed E-state index contributed by atoms with van der Waals surface area (Å²) >= 11 is 0. The number of aromatic amines is 1. The van der Waals surface area contributed by atoms with Crippen LogP contribution < -0.4 is 4.74 Å². The maximum absolute atomic E-state index is 12.9. The predicted molar refractivity (Wildman–Crippen MR) is 99.8 cm³/mol. The Kier molecular flexibility index (Phi) is 4.69. The lowest BCUT2D eigenvalue weighted by Crippen LogP contribution is -2.40. The van der Waals surface area contributed by atoms with Gasteiger partial charge >= 0.3 is 0 Å². The van der Waals surface area contributed by atoms with Crippen molar-refractivity contribution in [1.29, 1.82) is 0 Å². The third-order valence-electron chi connectivity index (χ3n) is 5.70. The second-order valence-electron chi connectivity index (χ2n) is 7.45. The van der Waals surface area contributed by atoms with Gasteiger partial charge in [-0.2, -0.15) is 0 Å². The topological polar surface area (TPSA) is 45.3 Å². The number of ether oxygens (including phenoxy) is 1. The van der Waals surface area contributed by atoms with Crippen molar-refractivity contribution in [2.75, 3.05) is 13.2 Å². The molecule has 0 unspecified atom stereocenters. The van der Waals surface area contributed by atoms with Crippen LogP contribution in [-0.4, -0.2) is 28.9 Å². The number of nitrogens with zero attached hydrogens (tertiary/aromatic N) is 1. The van der Waals surface area contributed by atoms with E-state index in [1.807, 2.05) is 6.07 Å². The molecule has 1 saturated carbocycles. The summed E-state index contributed by atoms with van der Waals surface area (Å²) in [5.74, 6) is 1.56. The van der Waals surface area contributed by atoms with Crippen LogP contribution in [-0.2, 0) is 17.8 Å². The Hall–Kier alpha value is -1.97. The van der Waals surface area contributed by atoms with E-state index in [9.17, 15) is 4.79 Å². The van der Waals surface area contributed by atoms with E-state index in [1.165, 1.54) is 35.9 Å². The molecule has 4 heteroatoms. The number of aromatic nitrogens is 1. The van der Waals surface area contributed by atoms with E-state index in [4.69, 9.17) is 4.74 Å². The van der Waals surface area contributed by atoms with Gasteiger partial charge in [-0.25, -0.2) is 0 Å². The van der Waals surface area contributed by atoms with Crippen LogP contribution in [0.1, 0.15) is 56.7 Å². The highest BCUT2D eigenvalue weighted by Crippen LogP contribution is 2.34. The first-order valence-electron chi connectivity index (χ1n) is 9.82.